The third kappa shape index (κ3) is 1.22. The van der Waals surface area contributed by atoms with Gasteiger partial charge in [-0.05, 0) is 13.8 Å². The van der Waals surface area contributed by atoms with Gasteiger partial charge in [0, 0.05) is 11.3 Å². The molecule has 2 amide bonds. The molecule has 0 saturated carbocycles. The summed E-state index contributed by atoms with van der Waals surface area (Å²) in [5, 5.41) is 2.71. The number of thioether (sulfide) groups is 1. The highest BCUT2D eigenvalue weighted by atomic mass is 32.2. The molecule has 0 aromatic carbocycles. The van der Waals surface area contributed by atoms with Crippen LogP contribution in [0, 0.1) is 0 Å². The van der Waals surface area contributed by atoms with Crippen LogP contribution in [0.25, 0.3) is 0 Å². The Hall–Kier alpha value is -0.710. The second-order valence-electron chi connectivity index (χ2n) is 4.00. The van der Waals surface area contributed by atoms with Crippen molar-refractivity contribution in [3.63, 3.8) is 0 Å². The zero-order valence-electron chi connectivity index (χ0n) is 7.61. The first-order chi connectivity index (χ1) is 6.05. The van der Waals surface area contributed by atoms with E-state index in [0.717, 1.165) is 6.54 Å². The van der Waals surface area contributed by atoms with E-state index in [0.29, 0.717) is 6.41 Å². The van der Waals surface area contributed by atoms with Crippen molar-refractivity contribution >= 4 is 24.1 Å². The molecule has 1 N–H and O–H groups in total. The molecule has 72 valence electrons. The van der Waals surface area contributed by atoms with Gasteiger partial charge in [-0.2, -0.15) is 0 Å². The molecular weight excluding hydrogens is 188 g/mol. The van der Waals surface area contributed by atoms with Crippen molar-refractivity contribution in [2.75, 3.05) is 6.54 Å². The van der Waals surface area contributed by atoms with Crippen LogP contribution >= 0.6 is 11.8 Å². The van der Waals surface area contributed by atoms with Crippen LogP contribution in [0.1, 0.15) is 13.8 Å². The minimum absolute atomic E-state index is 0.0511. The van der Waals surface area contributed by atoms with Crippen molar-refractivity contribution in [3.8, 4) is 0 Å². The normalized spacial score (nSPS) is 35.2. The van der Waals surface area contributed by atoms with Crippen LogP contribution in [0.2, 0.25) is 0 Å². The van der Waals surface area contributed by atoms with Crippen LogP contribution in [0.3, 0.4) is 0 Å². The highest BCUT2D eigenvalue weighted by Gasteiger charge is 2.55. The van der Waals surface area contributed by atoms with E-state index in [-0.39, 0.29) is 22.1 Å². The number of carbonyl (C=O) groups excluding carboxylic acids is 2. The maximum atomic E-state index is 11.4. The first kappa shape index (κ1) is 8.87. The number of nitrogens with zero attached hydrogens (tertiary/aromatic N) is 1. The van der Waals surface area contributed by atoms with E-state index < -0.39 is 0 Å². The molecule has 2 heterocycles. The summed E-state index contributed by atoms with van der Waals surface area (Å²) in [7, 11) is 0. The molecule has 2 fully saturated rings. The summed E-state index contributed by atoms with van der Waals surface area (Å²) in [6, 6.07) is -0.288. The van der Waals surface area contributed by atoms with Gasteiger partial charge in [-0.3, -0.25) is 9.59 Å². The number of carbonyl (C=O) groups is 2. The van der Waals surface area contributed by atoms with Crippen LogP contribution in [0.15, 0.2) is 0 Å². The number of hydrogen-bond donors (Lipinski definition) is 1. The van der Waals surface area contributed by atoms with E-state index in [9.17, 15) is 9.59 Å². The maximum Gasteiger partial charge on any atom is 0.249 e. The number of β-lactam (4-membered cyclic amide) rings is 1. The van der Waals surface area contributed by atoms with Crippen LogP contribution in [-0.4, -0.2) is 39.9 Å². The van der Waals surface area contributed by atoms with Crippen LogP contribution in [-0.2, 0) is 9.59 Å². The fourth-order valence-corrected chi connectivity index (χ4v) is 3.33. The van der Waals surface area contributed by atoms with Gasteiger partial charge >= 0.3 is 0 Å². The zero-order valence-corrected chi connectivity index (χ0v) is 8.43. The molecule has 2 aliphatic rings. The Labute approximate surface area is 81.0 Å². The van der Waals surface area contributed by atoms with Crippen LogP contribution in [0.4, 0.5) is 0 Å². The molecule has 0 spiro atoms. The average Bonchev–Trinajstić information content (AvgIpc) is 2.35. The Morgan fingerprint density at radius 2 is 2.38 bits per heavy atom. The summed E-state index contributed by atoms with van der Waals surface area (Å²) in [5.41, 5.74) is 0. The second kappa shape index (κ2) is 2.64. The van der Waals surface area contributed by atoms with Gasteiger partial charge in [-0.25, -0.2) is 0 Å². The zero-order chi connectivity index (χ0) is 9.64. The van der Waals surface area contributed by atoms with E-state index in [1.165, 1.54) is 0 Å². The number of rotatable bonds is 2. The molecule has 13 heavy (non-hydrogen) atoms. The summed E-state index contributed by atoms with van der Waals surface area (Å²) >= 11 is 1.75. The summed E-state index contributed by atoms with van der Waals surface area (Å²) in [4.78, 5) is 23.4. The van der Waals surface area contributed by atoms with Gasteiger partial charge in [0.1, 0.15) is 11.4 Å². The topological polar surface area (TPSA) is 49.4 Å². The summed E-state index contributed by atoms with van der Waals surface area (Å²) < 4.78 is 0.125. The van der Waals surface area contributed by atoms with Crippen LogP contribution < -0.4 is 5.32 Å². The van der Waals surface area contributed by atoms with Crippen LogP contribution in [0.5, 0.6) is 0 Å². The fourth-order valence-electron chi connectivity index (χ4n) is 1.82. The Balaban J connectivity index is 2.08. The van der Waals surface area contributed by atoms with Gasteiger partial charge in [0.2, 0.25) is 12.3 Å². The predicted octanol–water partition coefficient (Wildman–Crippen LogP) is -0.205. The predicted molar refractivity (Wildman–Crippen MR) is 50.2 cm³/mol. The third-order valence-corrected chi connectivity index (χ3v) is 3.92. The lowest BCUT2D eigenvalue weighted by Gasteiger charge is -2.40. The lowest BCUT2D eigenvalue weighted by Crippen LogP contribution is -2.66. The van der Waals surface area contributed by atoms with Gasteiger partial charge < -0.3 is 10.2 Å². The molecule has 2 atom stereocenters. The van der Waals surface area contributed by atoms with Crippen molar-refractivity contribution < 1.29 is 9.59 Å². The highest BCUT2D eigenvalue weighted by Crippen LogP contribution is 2.45. The van der Waals surface area contributed by atoms with E-state index in [4.69, 9.17) is 0 Å². The summed E-state index contributed by atoms with van der Waals surface area (Å²) in [6.07, 6.45) is 0.603. The Bertz CT molecular complexity index is 267. The SMILES string of the molecule is CC1(C)CN2C(=O)[C@@H](NC=O)C2S1. The van der Waals surface area contributed by atoms with Crippen molar-refractivity contribution in [1.82, 2.24) is 10.2 Å². The minimum atomic E-state index is -0.288. The molecule has 0 bridgehead atoms. The van der Waals surface area contributed by atoms with E-state index >= 15 is 0 Å². The highest BCUT2D eigenvalue weighted by molar-refractivity contribution is 8.01. The first-order valence-corrected chi connectivity index (χ1v) is 5.11. The monoisotopic (exact) mass is 200 g/mol. The third-order valence-electron chi connectivity index (χ3n) is 2.38. The summed E-state index contributed by atoms with van der Waals surface area (Å²) in [5.74, 6) is 0.0511. The maximum absolute atomic E-state index is 11.4. The second-order valence-corrected chi connectivity index (χ2v) is 5.82. The Morgan fingerprint density at radius 1 is 1.69 bits per heavy atom. The van der Waals surface area contributed by atoms with Crippen molar-refractivity contribution in [3.05, 3.63) is 0 Å². The van der Waals surface area contributed by atoms with Gasteiger partial charge in [-0.1, -0.05) is 0 Å². The molecule has 0 aliphatic carbocycles. The molecule has 2 rings (SSSR count). The molecule has 0 radical (unpaired) electrons. The Morgan fingerprint density at radius 3 is 3.00 bits per heavy atom. The average molecular weight is 200 g/mol. The minimum Gasteiger partial charge on any atom is -0.344 e. The van der Waals surface area contributed by atoms with Gasteiger partial charge in [0.05, 0.1) is 0 Å². The van der Waals surface area contributed by atoms with Crippen molar-refractivity contribution in [2.24, 2.45) is 0 Å². The largest absolute Gasteiger partial charge is 0.344 e. The van der Waals surface area contributed by atoms with Crippen molar-refractivity contribution in [1.29, 1.82) is 0 Å². The quantitative estimate of drug-likeness (QED) is 0.496. The molecule has 0 aromatic rings. The lowest BCUT2D eigenvalue weighted by molar-refractivity contribution is -0.146. The number of amides is 2. The molecule has 2 aliphatic heterocycles. The number of nitrogens with one attached hydrogen (secondary N) is 1. The molecule has 2 saturated heterocycles. The van der Waals surface area contributed by atoms with Gasteiger partial charge in [-0.15, -0.1) is 11.8 Å². The van der Waals surface area contributed by atoms with Gasteiger partial charge in [0.25, 0.3) is 0 Å². The fraction of sp³-hybridized carbons (Fsp3) is 0.750. The molecule has 0 aromatic heterocycles. The van der Waals surface area contributed by atoms with Crippen molar-refractivity contribution in [2.45, 2.75) is 30.0 Å². The first-order valence-electron chi connectivity index (χ1n) is 4.23. The summed E-state index contributed by atoms with van der Waals surface area (Å²) in [6.45, 7) is 5.01. The van der Waals surface area contributed by atoms with E-state index in [1.54, 1.807) is 11.8 Å². The van der Waals surface area contributed by atoms with E-state index in [1.807, 2.05) is 4.90 Å². The van der Waals surface area contributed by atoms with Gasteiger partial charge in [0.15, 0.2) is 0 Å². The number of hydrogen-bond acceptors (Lipinski definition) is 3. The lowest BCUT2D eigenvalue weighted by atomic mass is 10.1. The number of fused-ring (bicyclic) bond motifs is 1. The molecular formula is C8H12N2O2S. The van der Waals surface area contributed by atoms with E-state index in [2.05, 4.69) is 19.2 Å². The molecule has 1 unspecified atom stereocenters. The standard InChI is InChI=1S/C8H12N2O2S/c1-8(2)3-10-6(12)5(9-4-11)7(10)13-8/h4-5,7H,3H2,1-2H3,(H,9,11)/t5-,7?/m1/s1. The smallest absolute Gasteiger partial charge is 0.249 e. The molecule has 5 heteroatoms. The molecule has 4 nitrogen and oxygen atoms in total. The Kier molecular flexibility index (Phi) is 1.80.